The minimum Gasteiger partial charge on any atom is -0.452 e. The third kappa shape index (κ3) is 4.13. The maximum atomic E-state index is 6.39. The predicted molar refractivity (Wildman–Crippen MR) is 225 cm³/mol. The Morgan fingerprint density at radius 1 is 0.407 bits per heavy atom. The van der Waals surface area contributed by atoms with Crippen LogP contribution in [-0.2, 0) is 0 Å². The lowest BCUT2D eigenvalue weighted by atomic mass is 9.90. The second-order valence-electron chi connectivity index (χ2n) is 14.1. The summed E-state index contributed by atoms with van der Waals surface area (Å²) in [6, 6.07) is 62.7. The van der Waals surface area contributed by atoms with Gasteiger partial charge in [0.25, 0.3) is 0 Å². The molecule has 250 valence electrons. The van der Waals surface area contributed by atoms with Crippen molar-refractivity contribution in [1.82, 2.24) is 14.5 Å². The molecule has 4 heteroatoms. The van der Waals surface area contributed by atoms with Gasteiger partial charge in [0.05, 0.1) is 11.0 Å². The number of rotatable bonds is 3. The lowest BCUT2D eigenvalue weighted by Gasteiger charge is -2.14. The number of aromatic nitrogens is 3. The Morgan fingerprint density at radius 3 is 1.98 bits per heavy atom. The van der Waals surface area contributed by atoms with Gasteiger partial charge in [-0.15, -0.1) is 0 Å². The first-order valence-corrected chi connectivity index (χ1v) is 18.3. The van der Waals surface area contributed by atoms with Crippen LogP contribution in [0.25, 0.3) is 115 Å². The van der Waals surface area contributed by atoms with E-state index in [1.165, 1.54) is 53.9 Å². The average Bonchev–Trinajstić information content (AvgIpc) is 3.78. The van der Waals surface area contributed by atoms with Gasteiger partial charge < -0.3 is 8.98 Å². The van der Waals surface area contributed by atoms with Crippen LogP contribution in [-0.4, -0.2) is 14.5 Å². The molecule has 3 aromatic heterocycles. The van der Waals surface area contributed by atoms with Crippen LogP contribution in [0, 0.1) is 0 Å². The number of para-hydroxylation sites is 2. The molecule has 3 heterocycles. The van der Waals surface area contributed by atoms with Crippen LogP contribution >= 0.6 is 0 Å². The van der Waals surface area contributed by atoms with E-state index in [4.69, 9.17) is 14.4 Å². The van der Waals surface area contributed by atoms with Gasteiger partial charge in [0.15, 0.2) is 11.4 Å². The van der Waals surface area contributed by atoms with Gasteiger partial charge >= 0.3 is 0 Å². The van der Waals surface area contributed by atoms with Crippen LogP contribution in [0.2, 0.25) is 0 Å². The number of fused-ring (bicyclic) bond motifs is 14. The van der Waals surface area contributed by atoms with Crippen LogP contribution in [0.4, 0.5) is 0 Å². The van der Waals surface area contributed by atoms with Gasteiger partial charge in [-0.1, -0.05) is 133 Å². The second kappa shape index (κ2) is 11.1. The van der Waals surface area contributed by atoms with Gasteiger partial charge in [0.1, 0.15) is 16.8 Å². The molecule has 0 atom stereocenters. The molecule has 54 heavy (non-hydrogen) atoms. The molecule has 0 saturated carbocycles. The summed E-state index contributed by atoms with van der Waals surface area (Å²) in [5.74, 6) is 0.658. The molecule has 0 spiro atoms. The van der Waals surface area contributed by atoms with E-state index in [0.717, 1.165) is 50.0 Å². The fourth-order valence-corrected chi connectivity index (χ4v) is 8.76. The van der Waals surface area contributed by atoms with E-state index >= 15 is 0 Å². The van der Waals surface area contributed by atoms with E-state index < -0.39 is 0 Å². The summed E-state index contributed by atoms with van der Waals surface area (Å²) in [6.07, 6.45) is 0. The van der Waals surface area contributed by atoms with E-state index in [1.54, 1.807) is 0 Å². The van der Waals surface area contributed by atoms with E-state index in [0.29, 0.717) is 11.4 Å². The minimum atomic E-state index is 0.658. The zero-order valence-electron chi connectivity index (χ0n) is 29.0. The van der Waals surface area contributed by atoms with Gasteiger partial charge in [-0.05, 0) is 85.6 Å². The maximum absolute atomic E-state index is 6.39. The van der Waals surface area contributed by atoms with Gasteiger partial charge in [0, 0.05) is 33.0 Å². The van der Waals surface area contributed by atoms with E-state index in [9.17, 15) is 0 Å². The highest BCUT2D eigenvalue weighted by Gasteiger charge is 2.20. The number of nitrogens with zero attached hydrogens (tertiary/aromatic N) is 3. The highest BCUT2D eigenvalue weighted by Crippen LogP contribution is 2.43. The first-order valence-electron chi connectivity index (χ1n) is 18.3. The number of hydrogen-bond donors (Lipinski definition) is 0. The molecular formula is C50H29N3O. The van der Waals surface area contributed by atoms with Crippen molar-refractivity contribution >= 4 is 87.0 Å². The van der Waals surface area contributed by atoms with Crippen LogP contribution in [0.15, 0.2) is 180 Å². The van der Waals surface area contributed by atoms with Crippen molar-refractivity contribution in [1.29, 1.82) is 0 Å². The fraction of sp³-hybridized carbons (Fsp3) is 0. The summed E-state index contributed by atoms with van der Waals surface area (Å²) in [6.45, 7) is 0. The molecule has 12 rings (SSSR count). The molecule has 0 aliphatic carbocycles. The zero-order valence-corrected chi connectivity index (χ0v) is 29.0. The van der Waals surface area contributed by atoms with Gasteiger partial charge in [-0.2, -0.15) is 0 Å². The molecule has 0 amide bonds. The Balaban J connectivity index is 1.14. The average molecular weight is 688 g/mol. The van der Waals surface area contributed by atoms with Crippen molar-refractivity contribution in [2.24, 2.45) is 0 Å². The molecule has 0 N–H and O–H groups in total. The van der Waals surface area contributed by atoms with E-state index in [-0.39, 0.29) is 0 Å². The molecule has 0 unspecified atom stereocenters. The third-order valence-electron chi connectivity index (χ3n) is 11.1. The Hall–Kier alpha value is -7.30. The van der Waals surface area contributed by atoms with Crippen molar-refractivity contribution in [2.45, 2.75) is 0 Å². The van der Waals surface area contributed by atoms with Crippen molar-refractivity contribution in [3.63, 3.8) is 0 Å². The molecule has 0 saturated heterocycles. The highest BCUT2D eigenvalue weighted by atomic mass is 16.3. The largest absolute Gasteiger partial charge is 0.452 e. The first-order chi connectivity index (χ1) is 26.8. The molecule has 12 aromatic rings. The first kappa shape index (κ1) is 29.3. The van der Waals surface area contributed by atoms with Crippen LogP contribution in [0.3, 0.4) is 0 Å². The Kier molecular flexibility index (Phi) is 6.02. The number of benzene rings is 9. The highest BCUT2D eigenvalue weighted by molar-refractivity contribution is 6.33. The molecule has 4 nitrogen and oxygen atoms in total. The van der Waals surface area contributed by atoms with Crippen molar-refractivity contribution in [3.05, 3.63) is 176 Å². The zero-order chi connectivity index (χ0) is 35.3. The normalized spacial score (nSPS) is 12.1. The van der Waals surface area contributed by atoms with E-state index in [1.807, 2.05) is 36.4 Å². The maximum Gasteiger partial charge on any atom is 0.180 e. The minimum absolute atomic E-state index is 0.658. The molecule has 0 aliphatic heterocycles. The van der Waals surface area contributed by atoms with Crippen LogP contribution < -0.4 is 0 Å². The number of hydrogen-bond acceptors (Lipinski definition) is 3. The predicted octanol–water partition coefficient (Wildman–Crippen LogP) is 13.4. The monoisotopic (exact) mass is 687 g/mol. The molecule has 0 bridgehead atoms. The smallest absolute Gasteiger partial charge is 0.180 e. The van der Waals surface area contributed by atoms with Gasteiger partial charge in [0.2, 0.25) is 0 Å². The Labute approximate surface area is 309 Å². The lowest BCUT2D eigenvalue weighted by Crippen LogP contribution is -1.97. The summed E-state index contributed by atoms with van der Waals surface area (Å²) in [5, 5.41) is 13.6. The SMILES string of the molecule is c1ccc(-c2nc(-c3cccc(-n4c5ccccc5c5cc6c(cc54)c4ccccc4c4c5ccccc5ccc64)c3)nc3c2oc2ccccc23)cc1. The standard InChI is InChI=1S/C50H29N3O/c1-2-14-31(15-3-1)47-49-48(39-22-9-11-24-45(39)54-49)52-50(51-47)32-16-12-17-33(27-32)53-43-23-10-8-20-36(43)42-28-40-38-26-25-30-13-4-5-18-34(30)46(38)37-21-7-6-19-35(37)41(40)29-44(42)53/h1-29H. The molecular weight excluding hydrogens is 659 g/mol. The Bertz CT molecular complexity index is 3500. The molecule has 0 radical (unpaired) electrons. The van der Waals surface area contributed by atoms with Crippen LogP contribution in [0.5, 0.6) is 0 Å². The third-order valence-corrected chi connectivity index (χ3v) is 11.1. The lowest BCUT2D eigenvalue weighted by molar-refractivity contribution is 0.667. The van der Waals surface area contributed by atoms with Gasteiger partial charge in [-0.3, -0.25) is 0 Å². The van der Waals surface area contributed by atoms with Crippen molar-refractivity contribution in [2.75, 3.05) is 0 Å². The Morgan fingerprint density at radius 2 is 1.09 bits per heavy atom. The van der Waals surface area contributed by atoms with Crippen molar-refractivity contribution in [3.8, 4) is 28.3 Å². The topological polar surface area (TPSA) is 43.9 Å². The second-order valence-corrected chi connectivity index (χ2v) is 14.1. The molecule has 9 aromatic carbocycles. The summed E-state index contributed by atoms with van der Waals surface area (Å²) >= 11 is 0. The quantitative estimate of drug-likeness (QED) is 0.174. The summed E-state index contributed by atoms with van der Waals surface area (Å²) in [4.78, 5) is 10.4. The fourth-order valence-electron chi connectivity index (χ4n) is 8.76. The summed E-state index contributed by atoms with van der Waals surface area (Å²) < 4.78 is 8.79. The summed E-state index contributed by atoms with van der Waals surface area (Å²) in [5.41, 5.74) is 8.39. The van der Waals surface area contributed by atoms with Crippen molar-refractivity contribution < 1.29 is 4.42 Å². The number of furan rings is 1. The van der Waals surface area contributed by atoms with E-state index in [2.05, 4.69) is 144 Å². The van der Waals surface area contributed by atoms with Crippen LogP contribution in [0.1, 0.15) is 0 Å². The summed E-state index contributed by atoms with van der Waals surface area (Å²) in [7, 11) is 0. The molecule has 0 fully saturated rings. The molecule has 0 aliphatic rings. The van der Waals surface area contributed by atoms with Gasteiger partial charge in [-0.25, -0.2) is 9.97 Å².